The van der Waals surface area contributed by atoms with Gasteiger partial charge in [0.2, 0.25) is 0 Å². The van der Waals surface area contributed by atoms with E-state index in [9.17, 15) is 4.79 Å². The largest absolute Gasteiger partial charge is 0.450 e. The van der Waals surface area contributed by atoms with Gasteiger partial charge in [-0.2, -0.15) is 0 Å². The first-order valence-corrected chi connectivity index (χ1v) is 8.50. The molecule has 4 N–H and O–H groups in total. The number of nitrogens with two attached hydrogens (primary N) is 1. The number of ether oxygens (including phenoxy) is 1. The zero-order chi connectivity index (χ0) is 18.5. The molecule has 3 rings (SSSR count). The van der Waals surface area contributed by atoms with Gasteiger partial charge in [-0.3, -0.25) is 5.32 Å². The second-order valence-electron chi connectivity index (χ2n) is 5.92. The van der Waals surface area contributed by atoms with E-state index in [1.807, 2.05) is 12.1 Å². The topological polar surface area (TPSA) is 89.3 Å². The number of pyridine rings is 1. The van der Waals surface area contributed by atoms with E-state index in [4.69, 9.17) is 10.5 Å². The van der Waals surface area contributed by atoms with Crippen molar-refractivity contribution in [3.63, 3.8) is 0 Å². The third-order valence-electron chi connectivity index (χ3n) is 4.13. The van der Waals surface area contributed by atoms with E-state index in [-0.39, 0.29) is 5.82 Å². The van der Waals surface area contributed by atoms with Crippen LogP contribution in [0.15, 0.2) is 48.5 Å². The zero-order valence-electron chi connectivity index (χ0n) is 14.9. The van der Waals surface area contributed by atoms with Crippen LogP contribution in [-0.2, 0) is 11.3 Å². The Kier molecular flexibility index (Phi) is 5.22. The predicted octanol–water partition coefficient (Wildman–Crippen LogP) is 4.31. The summed E-state index contributed by atoms with van der Waals surface area (Å²) in [7, 11) is 0. The minimum Gasteiger partial charge on any atom is -0.450 e. The summed E-state index contributed by atoms with van der Waals surface area (Å²) >= 11 is 0. The molecular formula is C20H22N4O2. The number of aryl methyl sites for hydroxylation is 1. The summed E-state index contributed by atoms with van der Waals surface area (Å²) in [5.41, 5.74) is 8.78. The lowest BCUT2D eigenvalue weighted by Crippen LogP contribution is -2.15. The van der Waals surface area contributed by atoms with E-state index in [0.717, 1.165) is 0 Å². The van der Waals surface area contributed by atoms with Crippen molar-refractivity contribution < 1.29 is 9.53 Å². The highest BCUT2D eigenvalue weighted by atomic mass is 16.5. The van der Waals surface area contributed by atoms with Gasteiger partial charge in [-0.05, 0) is 47.9 Å². The molecule has 1 aromatic heterocycles. The van der Waals surface area contributed by atoms with Crippen molar-refractivity contribution in [1.82, 2.24) is 4.98 Å². The van der Waals surface area contributed by atoms with Crippen LogP contribution in [0.3, 0.4) is 0 Å². The van der Waals surface area contributed by atoms with Crippen LogP contribution in [0.5, 0.6) is 0 Å². The van der Waals surface area contributed by atoms with Gasteiger partial charge in [0.25, 0.3) is 0 Å². The molecule has 0 saturated carbocycles. The second kappa shape index (κ2) is 7.74. The Morgan fingerprint density at radius 2 is 1.88 bits per heavy atom. The molecule has 0 aliphatic carbocycles. The smallest absolute Gasteiger partial charge is 0.411 e. The number of carbonyl (C=O) groups is 1. The molecule has 0 radical (unpaired) electrons. The Balaban J connectivity index is 1.74. The molecule has 0 aliphatic heterocycles. The fourth-order valence-electron chi connectivity index (χ4n) is 2.81. The number of anilines is 3. The van der Waals surface area contributed by atoms with Gasteiger partial charge in [0.1, 0.15) is 11.6 Å². The quantitative estimate of drug-likeness (QED) is 0.638. The summed E-state index contributed by atoms with van der Waals surface area (Å²) in [6, 6.07) is 16.0. The molecule has 0 atom stereocenters. The average molecular weight is 350 g/mol. The number of amides is 1. The molecular weight excluding hydrogens is 328 g/mol. The molecule has 1 heterocycles. The highest BCUT2D eigenvalue weighted by Crippen LogP contribution is 2.24. The van der Waals surface area contributed by atoms with Crippen LogP contribution in [0.1, 0.15) is 18.1 Å². The molecule has 26 heavy (non-hydrogen) atoms. The Hall–Kier alpha value is -3.28. The van der Waals surface area contributed by atoms with Gasteiger partial charge in [0.15, 0.2) is 0 Å². The number of aromatic nitrogens is 1. The van der Waals surface area contributed by atoms with Gasteiger partial charge in [0, 0.05) is 6.54 Å². The van der Waals surface area contributed by atoms with E-state index in [2.05, 4.69) is 46.8 Å². The van der Waals surface area contributed by atoms with Gasteiger partial charge in [-0.1, -0.05) is 36.4 Å². The first-order chi connectivity index (χ1) is 12.6. The average Bonchev–Trinajstić information content (AvgIpc) is 2.64. The minimum absolute atomic E-state index is 0.233. The molecule has 6 heteroatoms. The third kappa shape index (κ3) is 3.85. The SMILES string of the molecule is CCOC(=O)Nc1ccc(NCc2ccc(C)c3ccccc23)nc1N. The lowest BCUT2D eigenvalue weighted by atomic mass is 10.0. The van der Waals surface area contributed by atoms with Crippen molar-refractivity contribution in [3.05, 3.63) is 59.7 Å². The van der Waals surface area contributed by atoms with Crippen molar-refractivity contribution in [3.8, 4) is 0 Å². The zero-order valence-corrected chi connectivity index (χ0v) is 14.9. The number of nitrogens with one attached hydrogen (secondary N) is 2. The maximum atomic E-state index is 11.5. The number of hydrogen-bond donors (Lipinski definition) is 3. The van der Waals surface area contributed by atoms with Gasteiger partial charge < -0.3 is 15.8 Å². The van der Waals surface area contributed by atoms with Crippen LogP contribution in [-0.4, -0.2) is 17.7 Å². The summed E-state index contributed by atoms with van der Waals surface area (Å²) < 4.78 is 4.84. The van der Waals surface area contributed by atoms with E-state index in [1.54, 1.807) is 19.1 Å². The van der Waals surface area contributed by atoms with Crippen LogP contribution in [0.25, 0.3) is 10.8 Å². The van der Waals surface area contributed by atoms with Crippen LogP contribution in [0.4, 0.5) is 22.1 Å². The summed E-state index contributed by atoms with van der Waals surface area (Å²) in [5.74, 6) is 0.874. The van der Waals surface area contributed by atoms with Gasteiger partial charge in [-0.15, -0.1) is 0 Å². The maximum Gasteiger partial charge on any atom is 0.411 e. The number of fused-ring (bicyclic) bond motifs is 1. The standard InChI is InChI=1S/C20H22N4O2/c1-3-26-20(25)23-17-10-11-18(24-19(17)21)22-12-14-9-8-13(2)15-6-4-5-7-16(14)15/h4-11H,3,12H2,1-2H3,(H,23,25)(H3,21,22,24). The normalized spacial score (nSPS) is 10.5. The molecule has 6 nitrogen and oxygen atoms in total. The van der Waals surface area contributed by atoms with Gasteiger partial charge in [0.05, 0.1) is 12.3 Å². The monoisotopic (exact) mass is 350 g/mol. The fraction of sp³-hybridized carbons (Fsp3) is 0.200. The molecule has 0 bridgehead atoms. The number of nitrogens with zero attached hydrogens (tertiary/aromatic N) is 1. The number of benzene rings is 2. The van der Waals surface area contributed by atoms with E-state index in [0.29, 0.717) is 24.7 Å². The van der Waals surface area contributed by atoms with Crippen LogP contribution in [0.2, 0.25) is 0 Å². The first kappa shape index (κ1) is 17.5. The molecule has 2 aromatic carbocycles. The van der Waals surface area contributed by atoms with Crippen molar-refractivity contribution in [2.24, 2.45) is 0 Å². The Bertz CT molecular complexity index is 940. The van der Waals surface area contributed by atoms with E-state index >= 15 is 0 Å². The third-order valence-corrected chi connectivity index (χ3v) is 4.13. The summed E-state index contributed by atoms with van der Waals surface area (Å²) in [5, 5.41) is 8.31. The van der Waals surface area contributed by atoms with Crippen LogP contribution < -0.4 is 16.4 Å². The number of rotatable bonds is 5. The molecule has 134 valence electrons. The maximum absolute atomic E-state index is 11.5. The fourth-order valence-corrected chi connectivity index (χ4v) is 2.81. The molecule has 1 amide bonds. The lowest BCUT2D eigenvalue weighted by Gasteiger charge is -2.12. The molecule has 0 unspecified atom stereocenters. The van der Waals surface area contributed by atoms with Gasteiger partial charge >= 0.3 is 6.09 Å². The molecule has 3 aromatic rings. The lowest BCUT2D eigenvalue weighted by molar-refractivity contribution is 0.168. The van der Waals surface area contributed by atoms with Crippen molar-refractivity contribution in [1.29, 1.82) is 0 Å². The van der Waals surface area contributed by atoms with Crippen molar-refractivity contribution in [2.45, 2.75) is 20.4 Å². The summed E-state index contributed by atoms with van der Waals surface area (Å²) in [6.45, 7) is 4.77. The van der Waals surface area contributed by atoms with Crippen LogP contribution in [0, 0.1) is 6.92 Å². The van der Waals surface area contributed by atoms with Crippen molar-refractivity contribution >= 4 is 34.2 Å². The first-order valence-electron chi connectivity index (χ1n) is 8.50. The molecule has 0 aliphatic rings. The highest BCUT2D eigenvalue weighted by molar-refractivity contribution is 5.89. The van der Waals surface area contributed by atoms with Crippen LogP contribution >= 0.6 is 0 Å². The molecule has 0 saturated heterocycles. The van der Waals surface area contributed by atoms with Crippen molar-refractivity contribution in [2.75, 3.05) is 23.0 Å². The van der Waals surface area contributed by atoms with Gasteiger partial charge in [-0.25, -0.2) is 9.78 Å². The number of nitrogen functional groups attached to an aromatic ring is 1. The highest BCUT2D eigenvalue weighted by Gasteiger charge is 2.08. The number of carbonyl (C=O) groups excluding carboxylic acids is 1. The predicted molar refractivity (Wildman–Crippen MR) is 105 cm³/mol. The molecule has 0 spiro atoms. The number of hydrogen-bond acceptors (Lipinski definition) is 5. The minimum atomic E-state index is -0.548. The van der Waals surface area contributed by atoms with E-state index < -0.39 is 6.09 Å². The summed E-state index contributed by atoms with van der Waals surface area (Å²) in [6.07, 6.45) is -0.548. The van der Waals surface area contributed by atoms with E-state index in [1.165, 1.54) is 21.9 Å². The molecule has 0 fully saturated rings. The Labute approximate surface area is 152 Å². The Morgan fingerprint density at radius 1 is 1.12 bits per heavy atom. The Morgan fingerprint density at radius 3 is 2.62 bits per heavy atom. The summed E-state index contributed by atoms with van der Waals surface area (Å²) in [4.78, 5) is 15.8. The second-order valence-corrected chi connectivity index (χ2v) is 5.92.